The summed E-state index contributed by atoms with van der Waals surface area (Å²) < 4.78 is 7.91. The van der Waals surface area contributed by atoms with Crippen LogP contribution in [0.3, 0.4) is 0 Å². The van der Waals surface area contributed by atoms with Crippen molar-refractivity contribution in [1.82, 2.24) is 19.2 Å². The predicted octanol–water partition coefficient (Wildman–Crippen LogP) is 1.05. The van der Waals surface area contributed by atoms with E-state index in [0.717, 1.165) is 37.6 Å². The lowest BCUT2D eigenvalue weighted by Crippen LogP contribution is -2.32. The minimum Gasteiger partial charge on any atom is -0.375 e. The van der Waals surface area contributed by atoms with Gasteiger partial charge in [-0.25, -0.2) is 4.98 Å². The first-order valence-corrected chi connectivity index (χ1v) is 8.16. The molecule has 2 aromatic rings. The number of pyridine rings is 1. The number of hydrogen-bond donors (Lipinski definition) is 0. The zero-order valence-corrected chi connectivity index (χ0v) is 13.6. The van der Waals surface area contributed by atoms with E-state index >= 15 is 0 Å². The second kappa shape index (κ2) is 5.62. The highest BCUT2D eigenvalue weighted by molar-refractivity contribution is 5.94. The summed E-state index contributed by atoms with van der Waals surface area (Å²) in [6, 6.07) is 5.82. The Kier molecular flexibility index (Phi) is 3.58. The van der Waals surface area contributed by atoms with Crippen molar-refractivity contribution in [2.45, 2.75) is 13.0 Å². The molecule has 4 rings (SSSR count). The van der Waals surface area contributed by atoms with Crippen LogP contribution in [-0.4, -0.2) is 71.0 Å². The first kappa shape index (κ1) is 14.7. The third kappa shape index (κ3) is 2.52. The molecule has 0 spiro atoms. The molecule has 0 bridgehead atoms. The lowest BCUT2D eigenvalue weighted by molar-refractivity contribution is 0.0486. The van der Waals surface area contributed by atoms with Crippen LogP contribution in [0.5, 0.6) is 0 Å². The molecule has 6 nitrogen and oxygen atoms in total. The van der Waals surface area contributed by atoms with Gasteiger partial charge in [0.05, 0.1) is 18.4 Å². The van der Waals surface area contributed by atoms with E-state index in [1.165, 1.54) is 0 Å². The molecule has 23 heavy (non-hydrogen) atoms. The average molecular weight is 314 g/mol. The Balaban J connectivity index is 1.58. The fourth-order valence-electron chi connectivity index (χ4n) is 3.69. The van der Waals surface area contributed by atoms with Gasteiger partial charge in [-0.15, -0.1) is 0 Å². The van der Waals surface area contributed by atoms with Crippen molar-refractivity contribution in [3.63, 3.8) is 0 Å². The van der Waals surface area contributed by atoms with Crippen LogP contribution >= 0.6 is 0 Å². The van der Waals surface area contributed by atoms with Crippen LogP contribution in [0, 0.1) is 12.8 Å². The van der Waals surface area contributed by atoms with Gasteiger partial charge in [-0.1, -0.05) is 6.07 Å². The average Bonchev–Trinajstić information content (AvgIpc) is 3.04. The van der Waals surface area contributed by atoms with Crippen LogP contribution in [0.15, 0.2) is 24.4 Å². The topological polar surface area (TPSA) is 50.1 Å². The second-order valence-electron chi connectivity index (χ2n) is 6.62. The van der Waals surface area contributed by atoms with E-state index in [-0.39, 0.29) is 12.0 Å². The van der Waals surface area contributed by atoms with Gasteiger partial charge in [-0.3, -0.25) is 4.79 Å². The van der Waals surface area contributed by atoms with Crippen molar-refractivity contribution in [2.75, 3.05) is 39.8 Å². The summed E-state index contributed by atoms with van der Waals surface area (Å²) in [4.78, 5) is 21.6. The molecule has 0 radical (unpaired) electrons. The third-order valence-electron chi connectivity index (χ3n) is 4.99. The molecule has 2 atom stereocenters. The Labute approximate surface area is 135 Å². The highest BCUT2D eigenvalue weighted by Crippen LogP contribution is 2.25. The molecule has 2 aliphatic heterocycles. The number of aromatic nitrogens is 2. The summed E-state index contributed by atoms with van der Waals surface area (Å²) in [7, 11) is 2.11. The van der Waals surface area contributed by atoms with Crippen molar-refractivity contribution in [3.8, 4) is 0 Å². The first-order valence-electron chi connectivity index (χ1n) is 8.16. The van der Waals surface area contributed by atoms with Crippen molar-refractivity contribution in [3.05, 3.63) is 35.8 Å². The summed E-state index contributed by atoms with van der Waals surface area (Å²) in [5.74, 6) is 0.411. The van der Waals surface area contributed by atoms with Gasteiger partial charge in [0.2, 0.25) is 0 Å². The van der Waals surface area contributed by atoms with Crippen molar-refractivity contribution in [2.24, 2.45) is 5.92 Å². The molecule has 0 unspecified atom stereocenters. The number of nitrogens with zero attached hydrogens (tertiary/aromatic N) is 4. The molecule has 0 aliphatic carbocycles. The monoisotopic (exact) mass is 314 g/mol. The fourth-order valence-corrected chi connectivity index (χ4v) is 3.69. The summed E-state index contributed by atoms with van der Waals surface area (Å²) in [6.07, 6.45) is 2.10. The van der Waals surface area contributed by atoms with Crippen LogP contribution in [0.25, 0.3) is 5.65 Å². The van der Waals surface area contributed by atoms with E-state index in [9.17, 15) is 4.79 Å². The standard InChI is InChI=1S/C17H22N4O2/c1-12-16(18-15-5-3-4-6-21(12)15)17(22)20-10-13-9-19(2)7-8-23-14(13)11-20/h3-6,13-14H,7-11H2,1-2H3/t13-,14+/m0/s1. The highest BCUT2D eigenvalue weighted by atomic mass is 16.5. The number of rotatable bonds is 1. The maximum atomic E-state index is 12.9. The first-order chi connectivity index (χ1) is 11.1. The Hall–Kier alpha value is -1.92. The summed E-state index contributed by atoms with van der Waals surface area (Å²) in [6.45, 7) is 6.07. The van der Waals surface area contributed by atoms with Crippen molar-refractivity contribution >= 4 is 11.6 Å². The van der Waals surface area contributed by atoms with E-state index in [1.807, 2.05) is 40.6 Å². The molecule has 122 valence electrons. The summed E-state index contributed by atoms with van der Waals surface area (Å²) in [5, 5.41) is 0. The minimum atomic E-state index is 0.0190. The normalized spacial score (nSPS) is 25.6. The Bertz CT molecular complexity index is 741. The van der Waals surface area contributed by atoms with Gasteiger partial charge in [-0.05, 0) is 26.1 Å². The van der Waals surface area contributed by atoms with E-state index in [2.05, 4.69) is 16.9 Å². The maximum Gasteiger partial charge on any atom is 0.274 e. The Morgan fingerprint density at radius 2 is 2.17 bits per heavy atom. The van der Waals surface area contributed by atoms with Gasteiger partial charge in [0, 0.05) is 38.3 Å². The lowest BCUT2D eigenvalue weighted by atomic mass is 10.1. The van der Waals surface area contributed by atoms with Crippen LogP contribution in [0.2, 0.25) is 0 Å². The molecule has 2 aromatic heterocycles. The maximum absolute atomic E-state index is 12.9. The molecular weight excluding hydrogens is 292 g/mol. The third-order valence-corrected chi connectivity index (χ3v) is 4.99. The Morgan fingerprint density at radius 1 is 1.30 bits per heavy atom. The molecular formula is C17H22N4O2. The summed E-state index contributed by atoms with van der Waals surface area (Å²) >= 11 is 0. The number of aryl methyl sites for hydroxylation is 1. The lowest BCUT2D eigenvalue weighted by Gasteiger charge is -2.19. The number of fused-ring (bicyclic) bond motifs is 2. The van der Waals surface area contributed by atoms with Gasteiger partial charge in [0.1, 0.15) is 11.3 Å². The molecule has 6 heteroatoms. The van der Waals surface area contributed by atoms with Gasteiger partial charge >= 0.3 is 0 Å². The number of carbonyl (C=O) groups is 1. The second-order valence-corrected chi connectivity index (χ2v) is 6.62. The van der Waals surface area contributed by atoms with Gasteiger partial charge in [0.25, 0.3) is 5.91 Å². The zero-order chi connectivity index (χ0) is 16.0. The molecule has 2 fully saturated rings. The molecule has 1 amide bonds. The molecule has 2 saturated heterocycles. The SMILES string of the molecule is Cc1c(C(=O)N2C[C@@H]3CN(C)CCO[C@@H]3C2)nc2ccccn12. The van der Waals surface area contributed by atoms with E-state index < -0.39 is 0 Å². The quantitative estimate of drug-likeness (QED) is 0.789. The fraction of sp³-hybridized carbons (Fsp3) is 0.529. The predicted molar refractivity (Wildman–Crippen MR) is 86.6 cm³/mol. The number of ether oxygens (including phenoxy) is 1. The Morgan fingerprint density at radius 3 is 3.00 bits per heavy atom. The van der Waals surface area contributed by atoms with Crippen molar-refractivity contribution in [1.29, 1.82) is 0 Å². The highest BCUT2D eigenvalue weighted by Gasteiger charge is 2.39. The van der Waals surface area contributed by atoms with E-state index in [0.29, 0.717) is 18.2 Å². The minimum absolute atomic E-state index is 0.0190. The molecule has 2 aliphatic rings. The molecule has 0 N–H and O–H groups in total. The number of imidazole rings is 1. The zero-order valence-electron chi connectivity index (χ0n) is 13.6. The number of likely N-dealkylation sites (tertiary alicyclic amines) is 1. The molecule has 4 heterocycles. The largest absolute Gasteiger partial charge is 0.375 e. The van der Waals surface area contributed by atoms with Crippen molar-refractivity contribution < 1.29 is 9.53 Å². The number of carbonyl (C=O) groups excluding carboxylic acids is 1. The number of amides is 1. The van der Waals surface area contributed by atoms with E-state index in [1.54, 1.807) is 0 Å². The molecule has 0 saturated carbocycles. The van der Waals surface area contributed by atoms with Crippen LogP contribution in [0.4, 0.5) is 0 Å². The van der Waals surface area contributed by atoms with Gasteiger partial charge in [0.15, 0.2) is 0 Å². The number of likely N-dealkylation sites (N-methyl/N-ethyl adjacent to an activating group) is 1. The van der Waals surface area contributed by atoms with Crippen LogP contribution in [-0.2, 0) is 4.74 Å². The smallest absolute Gasteiger partial charge is 0.274 e. The summed E-state index contributed by atoms with van der Waals surface area (Å²) in [5.41, 5.74) is 2.27. The van der Waals surface area contributed by atoms with Gasteiger partial charge in [-0.2, -0.15) is 0 Å². The van der Waals surface area contributed by atoms with E-state index in [4.69, 9.17) is 4.74 Å². The van der Waals surface area contributed by atoms with Gasteiger partial charge < -0.3 is 18.9 Å². The van der Waals surface area contributed by atoms with Crippen LogP contribution in [0.1, 0.15) is 16.2 Å². The molecule has 0 aromatic carbocycles. The van der Waals surface area contributed by atoms with Crippen LogP contribution < -0.4 is 0 Å². The number of hydrogen-bond acceptors (Lipinski definition) is 4.